The highest BCUT2D eigenvalue weighted by atomic mass is 32.2. The zero-order chi connectivity index (χ0) is 15.0. The van der Waals surface area contributed by atoms with Gasteiger partial charge in [0.2, 0.25) is 5.91 Å². The molecule has 0 spiro atoms. The summed E-state index contributed by atoms with van der Waals surface area (Å²) in [6, 6.07) is 5.28. The topological polar surface area (TPSA) is 95.9 Å². The Bertz CT molecular complexity index is 633. The van der Waals surface area contributed by atoms with Crippen molar-refractivity contribution in [1.29, 1.82) is 0 Å². The van der Waals surface area contributed by atoms with Crippen molar-refractivity contribution in [2.75, 3.05) is 22.5 Å². The molecule has 1 saturated heterocycles. The van der Waals surface area contributed by atoms with E-state index in [-0.39, 0.29) is 18.9 Å². The van der Waals surface area contributed by atoms with Crippen LogP contribution in [0.1, 0.15) is 6.42 Å². The fourth-order valence-corrected chi connectivity index (χ4v) is 3.06. The van der Waals surface area contributed by atoms with E-state index in [0.29, 0.717) is 17.1 Å². The summed E-state index contributed by atoms with van der Waals surface area (Å²) in [6.45, 7) is 0.186. The Morgan fingerprint density at radius 1 is 1.48 bits per heavy atom. The summed E-state index contributed by atoms with van der Waals surface area (Å²) in [5.74, 6) is -0.722. The summed E-state index contributed by atoms with van der Waals surface area (Å²) in [5.41, 5.74) is 1.23. The molecule has 0 bridgehead atoms. The van der Waals surface area contributed by atoms with E-state index in [0.717, 1.165) is 4.90 Å². The number of ether oxygens (including phenoxy) is 1. The highest BCUT2D eigenvalue weighted by Crippen LogP contribution is 2.35. The maximum Gasteiger partial charge on any atom is 0.414 e. The van der Waals surface area contributed by atoms with Gasteiger partial charge in [-0.1, -0.05) is 0 Å². The fraction of sp³-hybridized carbons (Fsp3) is 0.308. The molecule has 1 aromatic carbocycles. The first-order valence-electron chi connectivity index (χ1n) is 6.29. The molecule has 0 aromatic heterocycles. The Morgan fingerprint density at radius 3 is 3.05 bits per heavy atom. The lowest BCUT2D eigenvalue weighted by Gasteiger charge is -2.19. The van der Waals surface area contributed by atoms with Crippen LogP contribution in [0, 0.1) is 0 Å². The number of thioether (sulfide) groups is 1. The Hall–Kier alpha value is -2.22. The van der Waals surface area contributed by atoms with Crippen LogP contribution < -0.4 is 10.2 Å². The van der Waals surface area contributed by atoms with E-state index in [4.69, 9.17) is 9.84 Å². The third-order valence-corrected chi connectivity index (χ3v) is 4.26. The van der Waals surface area contributed by atoms with E-state index < -0.39 is 18.2 Å². The first-order chi connectivity index (χ1) is 10.0. The van der Waals surface area contributed by atoms with Gasteiger partial charge in [0.25, 0.3) is 0 Å². The zero-order valence-electron chi connectivity index (χ0n) is 10.9. The minimum Gasteiger partial charge on any atom is -0.481 e. The summed E-state index contributed by atoms with van der Waals surface area (Å²) in [5, 5.41) is 11.5. The van der Waals surface area contributed by atoms with Crippen LogP contribution in [0.15, 0.2) is 23.1 Å². The maximum absolute atomic E-state index is 11.8. The van der Waals surface area contributed by atoms with Gasteiger partial charge in [-0.2, -0.15) is 0 Å². The van der Waals surface area contributed by atoms with Crippen LogP contribution in [0.25, 0.3) is 0 Å². The number of carbonyl (C=O) groups is 3. The smallest absolute Gasteiger partial charge is 0.414 e. The molecule has 1 fully saturated rings. The molecule has 1 aromatic rings. The molecule has 1 atom stereocenters. The predicted molar refractivity (Wildman–Crippen MR) is 75.7 cm³/mol. The summed E-state index contributed by atoms with van der Waals surface area (Å²) in [6.07, 6.45) is -1.45. The van der Waals surface area contributed by atoms with Crippen LogP contribution in [0.4, 0.5) is 16.2 Å². The number of carboxylic acids is 1. The number of aliphatic carboxylic acids is 1. The number of nitrogens with zero attached hydrogens (tertiary/aromatic N) is 1. The van der Waals surface area contributed by atoms with Gasteiger partial charge in [-0.25, -0.2) is 4.79 Å². The maximum atomic E-state index is 11.8. The number of fused-ring (bicyclic) bond motifs is 1. The van der Waals surface area contributed by atoms with Crippen LogP contribution in [0.5, 0.6) is 0 Å². The zero-order valence-corrected chi connectivity index (χ0v) is 11.7. The van der Waals surface area contributed by atoms with Gasteiger partial charge in [0.1, 0.15) is 6.10 Å². The van der Waals surface area contributed by atoms with Crippen LogP contribution >= 0.6 is 11.8 Å². The average molecular weight is 308 g/mol. The second kappa shape index (κ2) is 5.28. The van der Waals surface area contributed by atoms with E-state index in [1.807, 2.05) is 6.07 Å². The van der Waals surface area contributed by atoms with Crippen molar-refractivity contribution in [2.24, 2.45) is 0 Å². The SMILES string of the molecule is O=C(O)C[C@@H]1CN(c2ccc3c(c2)NC(=O)CS3)C(=O)O1. The van der Waals surface area contributed by atoms with E-state index in [2.05, 4.69) is 5.32 Å². The Morgan fingerprint density at radius 2 is 2.29 bits per heavy atom. The van der Waals surface area contributed by atoms with Crippen LogP contribution in [-0.2, 0) is 14.3 Å². The predicted octanol–water partition coefficient (Wildman–Crippen LogP) is 1.53. The number of rotatable bonds is 3. The van der Waals surface area contributed by atoms with E-state index >= 15 is 0 Å². The van der Waals surface area contributed by atoms with Crippen LogP contribution in [0.2, 0.25) is 0 Å². The van der Waals surface area contributed by atoms with Gasteiger partial charge in [0, 0.05) is 10.6 Å². The summed E-state index contributed by atoms with van der Waals surface area (Å²) < 4.78 is 5.02. The third-order valence-electron chi connectivity index (χ3n) is 3.18. The van der Waals surface area contributed by atoms with Crippen LogP contribution in [-0.4, -0.2) is 41.5 Å². The molecule has 0 aliphatic carbocycles. The Balaban J connectivity index is 1.81. The van der Waals surface area contributed by atoms with Crippen molar-refractivity contribution >= 4 is 41.1 Å². The fourth-order valence-electron chi connectivity index (χ4n) is 2.27. The number of hydrogen-bond acceptors (Lipinski definition) is 5. The van der Waals surface area contributed by atoms with Gasteiger partial charge in [-0.3, -0.25) is 14.5 Å². The van der Waals surface area contributed by atoms with Crippen LogP contribution in [0.3, 0.4) is 0 Å². The minimum atomic E-state index is -1.01. The number of nitrogens with one attached hydrogen (secondary N) is 1. The largest absolute Gasteiger partial charge is 0.481 e. The standard InChI is InChI=1S/C13H12N2O5S/c16-11-6-21-10-2-1-7(3-9(10)14-11)15-5-8(4-12(17)18)20-13(15)19/h1-3,8H,4-6H2,(H,14,16)(H,17,18)/t8-/m1/s1. The van der Waals surface area contributed by atoms with Crippen molar-refractivity contribution in [2.45, 2.75) is 17.4 Å². The quantitative estimate of drug-likeness (QED) is 0.879. The molecule has 0 saturated carbocycles. The lowest BCUT2D eigenvalue weighted by atomic mass is 10.2. The minimum absolute atomic E-state index is 0.0857. The second-order valence-corrected chi connectivity index (χ2v) is 5.75. The molecule has 2 amide bonds. The third kappa shape index (κ3) is 2.80. The molecular weight excluding hydrogens is 296 g/mol. The van der Waals surface area contributed by atoms with E-state index in [1.165, 1.54) is 16.7 Å². The highest BCUT2D eigenvalue weighted by molar-refractivity contribution is 8.00. The van der Waals surface area contributed by atoms with Crippen molar-refractivity contribution in [3.05, 3.63) is 18.2 Å². The molecule has 2 heterocycles. The molecule has 110 valence electrons. The first kappa shape index (κ1) is 13.7. The number of benzene rings is 1. The average Bonchev–Trinajstić information content (AvgIpc) is 2.77. The number of hydrogen-bond donors (Lipinski definition) is 2. The summed E-state index contributed by atoms with van der Waals surface area (Å²) in [7, 11) is 0. The molecule has 0 unspecified atom stereocenters. The Kier molecular flexibility index (Phi) is 3.46. The normalized spacial score (nSPS) is 20.8. The molecular formula is C13H12N2O5S. The van der Waals surface area contributed by atoms with Gasteiger partial charge in [-0.05, 0) is 18.2 Å². The number of amides is 2. The van der Waals surface area contributed by atoms with Crippen molar-refractivity contribution in [3.8, 4) is 0 Å². The van der Waals surface area contributed by atoms with Crippen molar-refractivity contribution in [3.63, 3.8) is 0 Å². The van der Waals surface area contributed by atoms with Gasteiger partial charge in [0.15, 0.2) is 0 Å². The van der Waals surface area contributed by atoms with Gasteiger partial charge >= 0.3 is 12.1 Å². The first-order valence-corrected chi connectivity index (χ1v) is 7.28. The summed E-state index contributed by atoms with van der Waals surface area (Å²) >= 11 is 1.43. The van der Waals surface area contributed by atoms with Crippen molar-refractivity contribution < 1.29 is 24.2 Å². The second-order valence-electron chi connectivity index (χ2n) is 4.73. The molecule has 2 aliphatic heterocycles. The molecule has 21 heavy (non-hydrogen) atoms. The molecule has 2 N–H and O–H groups in total. The van der Waals surface area contributed by atoms with E-state index in [1.54, 1.807) is 12.1 Å². The summed E-state index contributed by atoms with van der Waals surface area (Å²) in [4.78, 5) is 36.2. The number of carbonyl (C=O) groups excluding carboxylic acids is 2. The lowest BCUT2D eigenvalue weighted by Crippen LogP contribution is -2.26. The number of cyclic esters (lactones) is 1. The number of anilines is 2. The van der Waals surface area contributed by atoms with Gasteiger partial charge < -0.3 is 15.2 Å². The van der Waals surface area contributed by atoms with E-state index in [9.17, 15) is 14.4 Å². The highest BCUT2D eigenvalue weighted by Gasteiger charge is 2.34. The number of carboxylic acid groups (broad SMARTS) is 1. The molecule has 0 radical (unpaired) electrons. The Labute approximate surface area is 124 Å². The van der Waals surface area contributed by atoms with Gasteiger partial charge in [-0.15, -0.1) is 11.8 Å². The molecule has 2 aliphatic rings. The lowest BCUT2D eigenvalue weighted by molar-refractivity contribution is -0.138. The van der Waals surface area contributed by atoms with Gasteiger partial charge in [0.05, 0.1) is 24.4 Å². The van der Waals surface area contributed by atoms with Crippen molar-refractivity contribution in [1.82, 2.24) is 0 Å². The molecule has 3 rings (SSSR count). The monoisotopic (exact) mass is 308 g/mol. The molecule has 7 nitrogen and oxygen atoms in total. The molecule has 8 heteroatoms.